The third kappa shape index (κ3) is 18.1. The molecule has 0 bridgehead atoms. The third-order valence-corrected chi connectivity index (χ3v) is 5.40. The smallest absolute Gasteiger partial charge is 0.0456 e. The van der Waals surface area contributed by atoms with Gasteiger partial charge in [-0.15, -0.1) is 6.58 Å². The van der Waals surface area contributed by atoms with Crippen molar-refractivity contribution in [2.75, 3.05) is 18.1 Å². The minimum atomic E-state index is 0.354. The molecule has 0 saturated carbocycles. The highest BCUT2D eigenvalue weighted by atomic mass is 32.2. The predicted octanol–water partition coefficient (Wildman–Crippen LogP) is 6.61. The number of allylic oxidation sites excluding steroid dienone is 1. The standard InChI is InChI=1S/C20H40OS/c1-3-4-14-17-22-18-15-12-10-8-6-5-7-9-11-13-16-20(2)19-21/h3,20-21H,1,4-19H2,2H3. The van der Waals surface area contributed by atoms with Gasteiger partial charge in [-0.1, -0.05) is 70.8 Å². The lowest BCUT2D eigenvalue weighted by Crippen LogP contribution is -1.99. The Balaban J connectivity index is 2.98. The molecule has 0 aliphatic carbocycles. The van der Waals surface area contributed by atoms with Gasteiger partial charge in [0.1, 0.15) is 0 Å². The van der Waals surface area contributed by atoms with E-state index in [0.717, 1.165) is 0 Å². The molecule has 0 amide bonds. The molecule has 0 aromatic heterocycles. The molecule has 0 heterocycles. The van der Waals surface area contributed by atoms with Gasteiger partial charge in [-0.05, 0) is 43.1 Å². The molecular weight excluding hydrogens is 288 g/mol. The van der Waals surface area contributed by atoms with E-state index in [0.29, 0.717) is 12.5 Å². The zero-order valence-electron chi connectivity index (χ0n) is 15.0. The summed E-state index contributed by atoms with van der Waals surface area (Å²) >= 11 is 2.11. The fourth-order valence-corrected chi connectivity index (χ4v) is 3.62. The van der Waals surface area contributed by atoms with E-state index in [4.69, 9.17) is 5.11 Å². The van der Waals surface area contributed by atoms with Gasteiger partial charge in [-0.3, -0.25) is 0 Å². The van der Waals surface area contributed by atoms with Gasteiger partial charge in [0.25, 0.3) is 0 Å². The molecule has 132 valence electrons. The van der Waals surface area contributed by atoms with Gasteiger partial charge in [0.15, 0.2) is 0 Å². The zero-order valence-corrected chi connectivity index (χ0v) is 15.8. The van der Waals surface area contributed by atoms with Crippen LogP contribution in [0.3, 0.4) is 0 Å². The summed E-state index contributed by atoms with van der Waals surface area (Å²) in [6, 6.07) is 0. The molecule has 0 aromatic rings. The second kappa shape index (κ2) is 19.1. The summed E-state index contributed by atoms with van der Waals surface area (Å²) in [5, 5.41) is 8.96. The van der Waals surface area contributed by atoms with Gasteiger partial charge >= 0.3 is 0 Å². The van der Waals surface area contributed by atoms with Crippen LogP contribution in [0.1, 0.15) is 90.4 Å². The van der Waals surface area contributed by atoms with Crippen molar-refractivity contribution in [3.63, 3.8) is 0 Å². The topological polar surface area (TPSA) is 20.2 Å². The van der Waals surface area contributed by atoms with Crippen LogP contribution >= 0.6 is 11.8 Å². The summed E-state index contributed by atoms with van der Waals surface area (Å²) in [4.78, 5) is 0. The average molecular weight is 329 g/mol. The fourth-order valence-electron chi connectivity index (χ4n) is 2.63. The molecule has 0 aliphatic rings. The Labute approximate surface area is 144 Å². The lowest BCUT2D eigenvalue weighted by molar-refractivity contribution is 0.227. The van der Waals surface area contributed by atoms with Crippen molar-refractivity contribution in [2.45, 2.75) is 90.4 Å². The summed E-state index contributed by atoms with van der Waals surface area (Å²) < 4.78 is 0. The van der Waals surface area contributed by atoms with Gasteiger partial charge in [0.05, 0.1) is 0 Å². The van der Waals surface area contributed by atoms with Crippen molar-refractivity contribution in [1.82, 2.24) is 0 Å². The second-order valence-corrected chi connectivity index (χ2v) is 7.88. The van der Waals surface area contributed by atoms with Crippen LogP contribution < -0.4 is 0 Å². The van der Waals surface area contributed by atoms with E-state index >= 15 is 0 Å². The Morgan fingerprint density at radius 3 is 1.86 bits per heavy atom. The van der Waals surface area contributed by atoms with Crippen LogP contribution in [0.4, 0.5) is 0 Å². The van der Waals surface area contributed by atoms with Gasteiger partial charge in [-0.2, -0.15) is 11.8 Å². The van der Waals surface area contributed by atoms with Crippen LogP contribution in [0.2, 0.25) is 0 Å². The summed E-state index contributed by atoms with van der Waals surface area (Å²) in [5.41, 5.74) is 0. The molecule has 0 aromatic carbocycles. The minimum absolute atomic E-state index is 0.354. The Morgan fingerprint density at radius 2 is 1.32 bits per heavy atom. The van der Waals surface area contributed by atoms with Crippen molar-refractivity contribution in [1.29, 1.82) is 0 Å². The third-order valence-electron chi connectivity index (χ3n) is 4.24. The Hall–Kier alpha value is 0.0500. The van der Waals surface area contributed by atoms with Crippen molar-refractivity contribution < 1.29 is 5.11 Å². The van der Waals surface area contributed by atoms with E-state index in [1.807, 2.05) is 6.08 Å². The quantitative estimate of drug-likeness (QED) is 0.226. The summed E-state index contributed by atoms with van der Waals surface area (Å²) in [6.45, 7) is 6.25. The molecule has 0 aliphatic heterocycles. The maximum absolute atomic E-state index is 8.96. The largest absolute Gasteiger partial charge is 0.396 e. The highest BCUT2D eigenvalue weighted by Crippen LogP contribution is 2.14. The van der Waals surface area contributed by atoms with E-state index in [1.54, 1.807) is 0 Å². The zero-order chi connectivity index (χ0) is 16.3. The van der Waals surface area contributed by atoms with Crippen molar-refractivity contribution >= 4 is 11.8 Å². The molecule has 1 nitrogen and oxygen atoms in total. The second-order valence-electron chi connectivity index (χ2n) is 6.66. The number of aliphatic hydroxyl groups excluding tert-OH is 1. The van der Waals surface area contributed by atoms with Gasteiger partial charge in [0, 0.05) is 6.61 Å². The SMILES string of the molecule is C=CCCCSCCCCCCCCCCCCC(C)CO. The molecule has 0 saturated heterocycles. The molecule has 0 radical (unpaired) electrons. The first kappa shape index (κ1) is 22.1. The molecule has 22 heavy (non-hydrogen) atoms. The predicted molar refractivity (Wildman–Crippen MR) is 104 cm³/mol. The van der Waals surface area contributed by atoms with Gasteiger partial charge < -0.3 is 5.11 Å². The Morgan fingerprint density at radius 1 is 0.818 bits per heavy atom. The molecular formula is C20H40OS. The number of hydrogen-bond acceptors (Lipinski definition) is 2. The molecule has 0 fully saturated rings. The van der Waals surface area contributed by atoms with Crippen LogP contribution in [-0.4, -0.2) is 23.2 Å². The first-order valence-electron chi connectivity index (χ1n) is 9.60. The summed E-state index contributed by atoms with van der Waals surface area (Å²) in [7, 11) is 0. The van der Waals surface area contributed by atoms with E-state index in [1.165, 1.54) is 95.0 Å². The highest BCUT2D eigenvalue weighted by Gasteiger charge is 1.99. The lowest BCUT2D eigenvalue weighted by Gasteiger charge is -2.06. The van der Waals surface area contributed by atoms with Gasteiger partial charge in [-0.25, -0.2) is 0 Å². The van der Waals surface area contributed by atoms with Crippen LogP contribution in [0.5, 0.6) is 0 Å². The number of aliphatic hydroxyl groups is 1. The highest BCUT2D eigenvalue weighted by molar-refractivity contribution is 7.99. The van der Waals surface area contributed by atoms with Crippen LogP contribution in [0, 0.1) is 5.92 Å². The maximum atomic E-state index is 8.96. The number of rotatable bonds is 18. The number of thioether (sulfide) groups is 1. The molecule has 1 atom stereocenters. The van der Waals surface area contributed by atoms with Gasteiger partial charge in [0.2, 0.25) is 0 Å². The van der Waals surface area contributed by atoms with E-state index in [-0.39, 0.29) is 0 Å². The van der Waals surface area contributed by atoms with Crippen molar-refractivity contribution in [3.8, 4) is 0 Å². The summed E-state index contributed by atoms with van der Waals surface area (Å²) in [5.74, 6) is 3.16. The number of unbranched alkanes of at least 4 members (excludes halogenated alkanes) is 10. The molecule has 2 heteroatoms. The van der Waals surface area contributed by atoms with E-state index in [9.17, 15) is 0 Å². The Kier molecular flexibility index (Phi) is 19.1. The van der Waals surface area contributed by atoms with Crippen molar-refractivity contribution in [3.05, 3.63) is 12.7 Å². The van der Waals surface area contributed by atoms with Crippen molar-refractivity contribution in [2.24, 2.45) is 5.92 Å². The minimum Gasteiger partial charge on any atom is -0.396 e. The Bertz CT molecular complexity index is 218. The van der Waals surface area contributed by atoms with Crippen LogP contribution in [0.25, 0.3) is 0 Å². The first-order valence-corrected chi connectivity index (χ1v) is 10.8. The first-order chi connectivity index (χ1) is 10.8. The average Bonchev–Trinajstić information content (AvgIpc) is 2.54. The molecule has 1 N–H and O–H groups in total. The normalized spacial score (nSPS) is 12.5. The fraction of sp³-hybridized carbons (Fsp3) is 0.900. The van der Waals surface area contributed by atoms with Crippen LogP contribution in [-0.2, 0) is 0 Å². The monoisotopic (exact) mass is 328 g/mol. The summed E-state index contributed by atoms with van der Waals surface area (Å²) in [6.07, 6.45) is 19.7. The molecule has 0 rings (SSSR count). The maximum Gasteiger partial charge on any atom is 0.0456 e. The molecule has 1 unspecified atom stereocenters. The number of hydrogen-bond donors (Lipinski definition) is 1. The molecule has 0 spiro atoms. The van der Waals surface area contributed by atoms with Crippen LogP contribution in [0.15, 0.2) is 12.7 Å². The van der Waals surface area contributed by atoms with E-state index in [2.05, 4.69) is 25.3 Å². The van der Waals surface area contributed by atoms with E-state index < -0.39 is 0 Å². The lowest BCUT2D eigenvalue weighted by atomic mass is 10.0.